The van der Waals surface area contributed by atoms with E-state index in [1.807, 2.05) is 0 Å². The van der Waals surface area contributed by atoms with Gasteiger partial charge in [0.1, 0.15) is 0 Å². The summed E-state index contributed by atoms with van der Waals surface area (Å²) in [7, 11) is 0. The minimum absolute atomic E-state index is 0. The third-order valence-electron chi connectivity index (χ3n) is 2.47. The van der Waals surface area contributed by atoms with Crippen molar-refractivity contribution in [3.05, 3.63) is 24.3 Å². The van der Waals surface area contributed by atoms with E-state index in [-0.39, 0.29) is 30.6 Å². The Bertz CT molecular complexity index is 306. The van der Waals surface area contributed by atoms with Crippen molar-refractivity contribution in [1.82, 2.24) is 10.3 Å². The van der Waals surface area contributed by atoms with Crippen molar-refractivity contribution in [3.8, 4) is 0 Å². The molecule has 2 N–H and O–H groups in total. The molecule has 0 aromatic carbocycles. The lowest BCUT2D eigenvalue weighted by Crippen LogP contribution is -2.35. The highest BCUT2D eigenvalue weighted by Gasteiger charge is 2.13. The fourth-order valence-corrected chi connectivity index (χ4v) is 1.68. The molecule has 0 aliphatic carbocycles. The molecule has 1 fully saturated rings. The second-order valence-electron chi connectivity index (χ2n) is 3.52. The molecule has 0 unspecified atom stereocenters. The molecular weight excluding hydrogens is 252 g/mol. The zero-order chi connectivity index (χ0) is 9.80. The van der Waals surface area contributed by atoms with Gasteiger partial charge < -0.3 is 10.6 Å². The largest absolute Gasteiger partial charge is 0.380 e. The molecule has 0 bridgehead atoms. The van der Waals surface area contributed by atoms with Crippen LogP contribution in [0.2, 0.25) is 0 Å². The number of hydrogen-bond donors (Lipinski definition) is 2. The van der Waals surface area contributed by atoms with E-state index in [1.165, 1.54) is 6.20 Å². The Balaban J connectivity index is 0.00000112. The summed E-state index contributed by atoms with van der Waals surface area (Å²) in [5.74, 6) is -0.272. The first-order chi connectivity index (χ1) is 6.86. The molecule has 6 heteroatoms. The number of aromatic nitrogens is 1. The summed E-state index contributed by atoms with van der Waals surface area (Å²) in [5, 5.41) is 6.46. The number of anilines is 1. The van der Waals surface area contributed by atoms with Gasteiger partial charge in [0.15, 0.2) is 5.82 Å². The van der Waals surface area contributed by atoms with E-state index in [2.05, 4.69) is 15.6 Å². The maximum Gasteiger partial charge on any atom is 0.164 e. The van der Waals surface area contributed by atoms with Crippen LogP contribution >= 0.6 is 24.8 Å². The SMILES string of the molecule is Cl.Cl.Fc1cnccc1NC1CCNCC1. The molecule has 0 radical (unpaired) electrons. The van der Waals surface area contributed by atoms with Gasteiger partial charge in [-0.1, -0.05) is 0 Å². The Morgan fingerprint density at radius 1 is 1.31 bits per heavy atom. The third-order valence-corrected chi connectivity index (χ3v) is 2.47. The minimum atomic E-state index is -0.272. The topological polar surface area (TPSA) is 37.0 Å². The third kappa shape index (κ3) is 4.12. The van der Waals surface area contributed by atoms with E-state index in [1.54, 1.807) is 12.3 Å². The van der Waals surface area contributed by atoms with Crippen molar-refractivity contribution < 1.29 is 4.39 Å². The first-order valence-corrected chi connectivity index (χ1v) is 4.93. The summed E-state index contributed by atoms with van der Waals surface area (Å²) >= 11 is 0. The monoisotopic (exact) mass is 267 g/mol. The first-order valence-electron chi connectivity index (χ1n) is 4.93. The Hall–Kier alpha value is -0.580. The summed E-state index contributed by atoms with van der Waals surface area (Å²) in [5.41, 5.74) is 0.562. The molecule has 0 amide bonds. The van der Waals surface area contributed by atoms with E-state index in [4.69, 9.17) is 0 Å². The maximum absolute atomic E-state index is 13.2. The normalized spacial score (nSPS) is 15.8. The van der Waals surface area contributed by atoms with Crippen molar-refractivity contribution in [2.75, 3.05) is 18.4 Å². The lowest BCUT2D eigenvalue weighted by atomic mass is 10.1. The molecule has 92 valence electrons. The van der Waals surface area contributed by atoms with Crippen molar-refractivity contribution in [3.63, 3.8) is 0 Å². The number of hydrogen-bond acceptors (Lipinski definition) is 3. The second kappa shape index (κ2) is 7.65. The quantitative estimate of drug-likeness (QED) is 0.863. The van der Waals surface area contributed by atoms with Crippen LogP contribution in [-0.4, -0.2) is 24.1 Å². The maximum atomic E-state index is 13.2. The van der Waals surface area contributed by atoms with Crippen molar-refractivity contribution in [2.24, 2.45) is 0 Å². The highest BCUT2D eigenvalue weighted by molar-refractivity contribution is 5.85. The van der Waals surface area contributed by atoms with Crippen LogP contribution < -0.4 is 10.6 Å². The molecule has 1 aromatic heterocycles. The van der Waals surface area contributed by atoms with E-state index in [0.29, 0.717) is 11.7 Å². The summed E-state index contributed by atoms with van der Waals surface area (Å²) in [4.78, 5) is 3.71. The van der Waals surface area contributed by atoms with Gasteiger partial charge in [0.25, 0.3) is 0 Å². The minimum Gasteiger partial charge on any atom is -0.380 e. The molecule has 2 heterocycles. The van der Waals surface area contributed by atoms with Crippen LogP contribution in [0.15, 0.2) is 18.5 Å². The molecule has 1 aliphatic rings. The molecule has 0 spiro atoms. The number of piperidine rings is 1. The smallest absolute Gasteiger partial charge is 0.164 e. The van der Waals surface area contributed by atoms with E-state index < -0.39 is 0 Å². The van der Waals surface area contributed by atoms with Gasteiger partial charge in [-0.3, -0.25) is 4.98 Å². The lowest BCUT2D eigenvalue weighted by Gasteiger charge is -2.24. The lowest BCUT2D eigenvalue weighted by molar-refractivity contribution is 0.476. The van der Waals surface area contributed by atoms with Crippen LogP contribution in [-0.2, 0) is 0 Å². The van der Waals surface area contributed by atoms with Gasteiger partial charge in [-0.05, 0) is 32.0 Å². The van der Waals surface area contributed by atoms with Gasteiger partial charge >= 0.3 is 0 Å². The molecule has 1 aromatic rings. The average molecular weight is 268 g/mol. The summed E-state index contributed by atoms with van der Waals surface area (Å²) < 4.78 is 13.2. The van der Waals surface area contributed by atoms with Crippen LogP contribution in [0.5, 0.6) is 0 Å². The molecule has 1 saturated heterocycles. The predicted octanol–water partition coefficient (Wildman–Crippen LogP) is 2.23. The van der Waals surface area contributed by atoms with Gasteiger partial charge in [0.05, 0.1) is 11.9 Å². The van der Waals surface area contributed by atoms with Crippen LogP contribution in [0, 0.1) is 5.82 Å². The number of nitrogens with one attached hydrogen (secondary N) is 2. The van der Waals surface area contributed by atoms with Gasteiger partial charge in [-0.25, -0.2) is 4.39 Å². The van der Waals surface area contributed by atoms with Crippen molar-refractivity contribution in [2.45, 2.75) is 18.9 Å². The van der Waals surface area contributed by atoms with Gasteiger partial charge in [-0.2, -0.15) is 0 Å². The van der Waals surface area contributed by atoms with Crippen LogP contribution in [0.4, 0.5) is 10.1 Å². The van der Waals surface area contributed by atoms with E-state index in [9.17, 15) is 4.39 Å². The Kier molecular flexibility index (Phi) is 7.38. The second-order valence-corrected chi connectivity index (χ2v) is 3.52. The van der Waals surface area contributed by atoms with Crippen LogP contribution in [0.25, 0.3) is 0 Å². The van der Waals surface area contributed by atoms with E-state index >= 15 is 0 Å². The molecular formula is C10H16Cl2FN3. The molecule has 3 nitrogen and oxygen atoms in total. The molecule has 0 atom stereocenters. The Morgan fingerprint density at radius 2 is 2.00 bits per heavy atom. The van der Waals surface area contributed by atoms with Crippen LogP contribution in [0.3, 0.4) is 0 Å². The number of pyridine rings is 1. The Morgan fingerprint density at radius 3 is 2.62 bits per heavy atom. The summed E-state index contributed by atoms with van der Waals surface area (Å²) in [6, 6.07) is 2.06. The standard InChI is InChI=1S/C10H14FN3.2ClH/c11-9-7-13-6-3-10(9)14-8-1-4-12-5-2-8;;/h3,6-8,12H,1-2,4-5H2,(H,13,14);2*1H. The molecule has 2 rings (SSSR count). The fourth-order valence-electron chi connectivity index (χ4n) is 1.68. The summed E-state index contributed by atoms with van der Waals surface area (Å²) in [6.07, 6.45) is 4.93. The highest BCUT2D eigenvalue weighted by Crippen LogP contribution is 2.15. The summed E-state index contributed by atoms with van der Waals surface area (Å²) in [6.45, 7) is 2.01. The fraction of sp³-hybridized carbons (Fsp3) is 0.500. The number of rotatable bonds is 2. The van der Waals surface area contributed by atoms with Gasteiger partial charge in [0.2, 0.25) is 0 Å². The predicted molar refractivity (Wildman–Crippen MR) is 68.2 cm³/mol. The van der Waals surface area contributed by atoms with Gasteiger partial charge in [0, 0.05) is 12.2 Å². The first kappa shape index (κ1) is 15.4. The van der Waals surface area contributed by atoms with E-state index in [0.717, 1.165) is 25.9 Å². The van der Waals surface area contributed by atoms with Crippen molar-refractivity contribution in [1.29, 1.82) is 0 Å². The number of nitrogens with zero attached hydrogens (tertiary/aromatic N) is 1. The number of halogens is 3. The molecule has 16 heavy (non-hydrogen) atoms. The zero-order valence-electron chi connectivity index (χ0n) is 8.78. The van der Waals surface area contributed by atoms with Crippen molar-refractivity contribution >= 4 is 30.5 Å². The van der Waals surface area contributed by atoms with Crippen LogP contribution in [0.1, 0.15) is 12.8 Å². The average Bonchev–Trinajstić information content (AvgIpc) is 2.23. The molecule has 1 aliphatic heterocycles. The zero-order valence-corrected chi connectivity index (χ0v) is 10.4. The highest BCUT2D eigenvalue weighted by atomic mass is 35.5. The molecule has 0 saturated carbocycles. The van der Waals surface area contributed by atoms with Gasteiger partial charge in [-0.15, -0.1) is 24.8 Å². The Labute approximate surface area is 107 Å².